The average Bonchev–Trinajstić information content (AvgIpc) is 2.88. The van der Waals surface area contributed by atoms with Crippen LogP contribution in [0.4, 0.5) is 22.7 Å². The van der Waals surface area contributed by atoms with Gasteiger partial charge in [-0.15, -0.1) is 17.3 Å². The minimum Gasteiger partial charge on any atom is -0.679 e. The van der Waals surface area contributed by atoms with E-state index in [0.29, 0.717) is 6.54 Å². The zero-order chi connectivity index (χ0) is 22.4. The third-order valence-electron chi connectivity index (χ3n) is 4.65. The molecule has 0 spiro atoms. The monoisotopic (exact) mass is 532 g/mol. The number of halogens is 1. The van der Waals surface area contributed by atoms with Crippen molar-refractivity contribution in [1.82, 2.24) is 0 Å². The predicted molar refractivity (Wildman–Crippen MR) is 130 cm³/mol. The molecule has 164 valence electrons. The molecule has 32 heavy (non-hydrogen) atoms. The van der Waals surface area contributed by atoms with Gasteiger partial charge in [0.2, 0.25) is 0 Å². The number of rotatable bonds is 8. The van der Waals surface area contributed by atoms with Crippen LogP contribution in [0.5, 0.6) is 0 Å². The Morgan fingerprint density at radius 1 is 0.625 bits per heavy atom. The van der Waals surface area contributed by atoms with Crippen LogP contribution in [0.25, 0.3) is 5.32 Å². The number of nitrogens with one attached hydrogen (secondary N) is 1. The number of para-hydroxylation sites is 2. The summed E-state index contributed by atoms with van der Waals surface area (Å²) in [5.41, 5.74) is 5.72. The fourth-order valence-electron chi connectivity index (χ4n) is 3.05. The zero-order valence-corrected chi connectivity index (χ0v) is 19.7. The number of azo groups is 1. The van der Waals surface area contributed by atoms with Crippen molar-refractivity contribution in [2.75, 3.05) is 5.32 Å². The van der Waals surface area contributed by atoms with E-state index in [1.807, 2.05) is 84.9 Å². The number of hydrogen-bond donors (Lipinski definition) is 1. The first kappa shape index (κ1) is 23.7. The van der Waals surface area contributed by atoms with E-state index in [1.165, 1.54) is 11.1 Å². The molecule has 4 aromatic carbocycles. The van der Waals surface area contributed by atoms with Crippen LogP contribution < -0.4 is 5.32 Å². The van der Waals surface area contributed by atoms with E-state index in [1.54, 1.807) is 0 Å². The van der Waals surface area contributed by atoms with Crippen molar-refractivity contribution in [2.45, 2.75) is 13.1 Å². The van der Waals surface area contributed by atoms with Gasteiger partial charge in [-0.3, -0.25) is 0 Å². The Bertz CT molecular complexity index is 1020. The molecule has 0 unspecified atom stereocenters. The van der Waals surface area contributed by atoms with Crippen LogP contribution in [-0.4, -0.2) is 0 Å². The van der Waals surface area contributed by atoms with Gasteiger partial charge in [0.25, 0.3) is 0 Å². The summed E-state index contributed by atoms with van der Waals surface area (Å²) in [6, 6.07) is 36.3. The molecule has 0 amide bonds. The van der Waals surface area contributed by atoms with Crippen LogP contribution in [0.1, 0.15) is 11.1 Å². The first-order chi connectivity index (χ1) is 15.9. The van der Waals surface area contributed by atoms with Crippen molar-refractivity contribution in [3.8, 4) is 0 Å². The molecule has 4 aromatic rings. The van der Waals surface area contributed by atoms with Crippen molar-refractivity contribution in [3.05, 3.63) is 126 Å². The Kier molecular flexibility index (Phi) is 9.95. The van der Waals surface area contributed by atoms with E-state index in [9.17, 15) is 0 Å². The van der Waals surface area contributed by atoms with Gasteiger partial charge in [0.1, 0.15) is 5.69 Å². The molecule has 0 aliphatic rings. The van der Waals surface area contributed by atoms with Gasteiger partial charge in [-0.25, -0.2) is 0 Å². The molecule has 1 N–H and O–H groups in total. The van der Waals surface area contributed by atoms with E-state index in [0.717, 1.165) is 29.3 Å². The third kappa shape index (κ3) is 7.32. The van der Waals surface area contributed by atoms with Crippen molar-refractivity contribution in [2.24, 2.45) is 10.2 Å². The Morgan fingerprint density at radius 2 is 1.16 bits per heavy atom. The second kappa shape index (κ2) is 13.4. The molecule has 0 saturated heterocycles. The maximum atomic E-state index is 4.72. The minimum absolute atomic E-state index is 0.614. The topological polar surface area (TPSA) is 50.9 Å². The summed E-state index contributed by atoms with van der Waals surface area (Å²) in [6.45, 7) is 1.35. The van der Waals surface area contributed by atoms with Gasteiger partial charge in [0.05, 0.1) is 11.4 Å². The average molecular weight is 533 g/mol. The molecular formula is C26H23ClN4Pd. The predicted octanol–water partition coefficient (Wildman–Crippen LogP) is 8.61. The smallest absolute Gasteiger partial charge is 0.109 e. The van der Waals surface area contributed by atoms with Gasteiger partial charge in [0, 0.05) is 6.54 Å². The Hall–Kier alpha value is -2.97. The standard InChI is InChI=1S/C26H23N4.ClH.Pd/c1-3-11-21(12-4-1)19-27-23-15-7-9-17-25(23)29-30-26-18-10-8-16-24(26)28-20-22-13-5-2-6-14-22;;/h1-18,27H,19-20H2;1H;/q-1;;+2/p-1. The number of hydrogen-bond acceptors (Lipinski definition) is 3. The van der Waals surface area contributed by atoms with E-state index in [2.05, 4.69) is 67.5 Å². The van der Waals surface area contributed by atoms with E-state index < -0.39 is 0 Å². The van der Waals surface area contributed by atoms with Crippen LogP contribution in [0, 0.1) is 0 Å². The quantitative estimate of drug-likeness (QED) is 0.179. The first-order valence-electron chi connectivity index (χ1n) is 10.1. The molecule has 0 aromatic heterocycles. The number of benzene rings is 4. The third-order valence-corrected chi connectivity index (χ3v) is 4.65. The van der Waals surface area contributed by atoms with Gasteiger partial charge >= 0.3 is 27.7 Å². The van der Waals surface area contributed by atoms with E-state index in [4.69, 9.17) is 5.32 Å². The molecular weight excluding hydrogens is 510 g/mol. The minimum atomic E-state index is 0.614. The molecule has 0 saturated carbocycles. The van der Waals surface area contributed by atoms with Crippen molar-refractivity contribution in [1.29, 1.82) is 0 Å². The summed E-state index contributed by atoms with van der Waals surface area (Å²) in [7, 11) is 4.49. The molecule has 0 atom stereocenters. The summed E-state index contributed by atoms with van der Waals surface area (Å²) < 4.78 is 0. The SMILES string of the molecule is [Cl][Pd+].c1ccc(C[N-]c2ccccc2N=Nc2ccccc2NCc2ccccc2)cc1. The fourth-order valence-corrected chi connectivity index (χ4v) is 3.05. The molecule has 0 aliphatic carbocycles. The normalized spacial score (nSPS) is 10.3. The van der Waals surface area contributed by atoms with Crippen molar-refractivity contribution < 1.29 is 18.2 Å². The molecule has 4 nitrogen and oxygen atoms in total. The van der Waals surface area contributed by atoms with Gasteiger partial charge in [-0.05, 0) is 23.8 Å². The maximum Gasteiger partial charge on any atom is 0.109 e. The largest absolute Gasteiger partial charge is 0.679 e. The van der Waals surface area contributed by atoms with Crippen LogP contribution in [0.15, 0.2) is 119 Å². The number of anilines is 1. The zero-order valence-electron chi connectivity index (χ0n) is 17.3. The second-order valence-electron chi connectivity index (χ2n) is 6.85. The molecule has 0 radical (unpaired) electrons. The van der Waals surface area contributed by atoms with Crippen molar-refractivity contribution >= 4 is 32.3 Å². The summed E-state index contributed by atoms with van der Waals surface area (Å²) in [5, 5.41) is 17.2. The summed E-state index contributed by atoms with van der Waals surface area (Å²) in [6.07, 6.45) is 0. The molecule has 0 aliphatic heterocycles. The summed E-state index contributed by atoms with van der Waals surface area (Å²) in [4.78, 5) is 0. The van der Waals surface area contributed by atoms with Gasteiger partial charge in [0.15, 0.2) is 0 Å². The summed E-state index contributed by atoms with van der Waals surface area (Å²) >= 11 is 2.22. The molecule has 0 bridgehead atoms. The Balaban J connectivity index is 0.00000141. The van der Waals surface area contributed by atoms with Crippen LogP contribution in [0.2, 0.25) is 0 Å². The summed E-state index contributed by atoms with van der Waals surface area (Å²) in [5.74, 6) is 0. The Morgan fingerprint density at radius 3 is 1.88 bits per heavy atom. The van der Waals surface area contributed by atoms with E-state index >= 15 is 0 Å². The number of nitrogens with zero attached hydrogens (tertiary/aromatic N) is 3. The van der Waals surface area contributed by atoms with Crippen molar-refractivity contribution in [3.63, 3.8) is 0 Å². The van der Waals surface area contributed by atoms with Gasteiger partial charge < -0.3 is 10.6 Å². The molecule has 0 heterocycles. The second-order valence-corrected chi connectivity index (χ2v) is 6.85. The first-order valence-corrected chi connectivity index (χ1v) is 12.1. The van der Waals surface area contributed by atoms with Crippen LogP contribution >= 0.6 is 9.53 Å². The Labute approximate surface area is 204 Å². The van der Waals surface area contributed by atoms with Crippen LogP contribution in [0.3, 0.4) is 0 Å². The van der Waals surface area contributed by atoms with E-state index in [-0.39, 0.29) is 0 Å². The fraction of sp³-hybridized carbons (Fsp3) is 0.0769. The molecule has 4 rings (SSSR count). The van der Waals surface area contributed by atoms with Gasteiger partial charge in [-0.1, -0.05) is 96.6 Å². The molecule has 0 fully saturated rings. The maximum absolute atomic E-state index is 4.72. The molecule has 6 heteroatoms. The van der Waals surface area contributed by atoms with Gasteiger partial charge in [-0.2, -0.15) is 5.11 Å². The van der Waals surface area contributed by atoms with Crippen LogP contribution in [-0.2, 0) is 31.3 Å².